The van der Waals surface area contributed by atoms with Gasteiger partial charge in [0, 0.05) is 29.7 Å². The SMILES string of the molecule is Nc1ccc(-c2nccn2-c2cc(=O)[nH]cn2)cc1. The molecule has 3 N–H and O–H groups in total. The molecule has 0 saturated carbocycles. The van der Waals surface area contributed by atoms with Crippen molar-refractivity contribution >= 4 is 5.69 Å². The summed E-state index contributed by atoms with van der Waals surface area (Å²) >= 11 is 0. The normalized spacial score (nSPS) is 10.5. The van der Waals surface area contributed by atoms with Crippen LogP contribution >= 0.6 is 0 Å². The molecule has 2 heterocycles. The Labute approximate surface area is 108 Å². The predicted molar refractivity (Wildman–Crippen MR) is 71.8 cm³/mol. The topological polar surface area (TPSA) is 89.6 Å². The smallest absolute Gasteiger partial charge is 0.252 e. The maximum Gasteiger partial charge on any atom is 0.252 e. The molecule has 0 saturated heterocycles. The molecule has 0 fully saturated rings. The first kappa shape index (κ1) is 11.2. The van der Waals surface area contributed by atoms with Crippen molar-refractivity contribution in [3.63, 3.8) is 0 Å². The summed E-state index contributed by atoms with van der Waals surface area (Å²) in [7, 11) is 0. The molecule has 0 unspecified atom stereocenters. The van der Waals surface area contributed by atoms with Crippen molar-refractivity contribution in [3.8, 4) is 17.2 Å². The fourth-order valence-corrected chi connectivity index (χ4v) is 1.82. The van der Waals surface area contributed by atoms with Gasteiger partial charge in [0.2, 0.25) is 0 Å². The van der Waals surface area contributed by atoms with Crippen molar-refractivity contribution in [2.45, 2.75) is 0 Å². The molecule has 19 heavy (non-hydrogen) atoms. The second kappa shape index (κ2) is 4.41. The lowest BCUT2D eigenvalue weighted by molar-refractivity contribution is 0.965. The van der Waals surface area contributed by atoms with Crippen molar-refractivity contribution in [1.82, 2.24) is 19.5 Å². The van der Waals surface area contributed by atoms with Crippen LogP contribution in [0.1, 0.15) is 0 Å². The molecule has 0 bridgehead atoms. The zero-order valence-corrected chi connectivity index (χ0v) is 9.95. The zero-order chi connectivity index (χ0) is 13.2. The molecule has 2 aromatic heterocycles. The van der Waals surface area contributed by atoms with Gasteiger partial charge >= 0.3 is 0 Å². The highest BCUT2D eigenvalue weighted by atomic mass is 16.1. The van der Waals surface area contributed by atoms with E-state index in [0.717, 1.165) is 5.56 Å². The first-order valence-corrected chi connectivity index (χ1v) is 5.68. The molecule has 6 nitrogen and oxygen atoms in total. The fraction of sp³-hybridized carbons (Fsp3) is 0. The predicted octanol–water partition coefficient (Wildman–Crippen LogP) is 1.20. The monoisotopic (exact) mass is 253 g/mol. The van der Waals surface area contributed by atoms with Gasteiger partial charge in [-0.25, -0.2) is 9.97 Å². The van der Waals surface area contributed by atoms with Crippen LogP contribution in [-0.4, -0.2) is 19.5 Å². The van der Waals surface area contributed by atoms with Crippen LogP contribution in [0.3, 0.4) is 0 Å². The van der Waals surface area contributed by atoms with Crippen molar-refractivity contribution in [1.29, 1.82) is 0 Å². The highest BCUT2D eigenvalue weighted by molar-refractivity contribution is 5.60. The summed E-state index contributed by atoms with van der Waals surface area (Å²) in [6.07, 6.45) is 4.78. The average Bonchev–Trinajstić information content (AvgIpc) is 2.89. The molecule has 0 radical (unpaired) electrons. The summed E-state index contributed by atoms with van der Waals surface area (Å²) in [5.41, 5.74) is 7.05. The summed E-state index contributed by atoms with van der Waals surface area (Å²) in [5.74, 6) is 1.23. The van der Waals surface area contributed by atoms with Crippen LogP contribution in [0, 0.1) is 0 Å². The number of nitrogens with zero attached hydrogens (tertiary/aromatic N) is 3. The number of hydrogen-bond donors (Lipinski definition) is 2. The minimum Gasteiger partial charge on any atom is -0.399 e. The Hall–Kier alpha value is -2.89. The minimum atomic E-state index is -0.207. The maximum absolute atomic E-state index is 11.3. The highest BCUT2D eigenvalue weighted by Crippen LogP contribution is 2.20. The Balaban J connectivity index is 2.13. The lowest BCUT2D eigenvalue weighted by Gasteiger charge is -2.06. The highest BCUT2D eigenvalue weighted by Gasteiger charge is 2.08. The minimum absolute atomic E-state index is 0.207. The number of aromatic amines is 1. The van der Waals surface area contributed by atoms with Gasteiger partial charge in [0.1, 0.15) is 11.6 Å². The molecule has 0 spiro atoms. The van der Waals surface area contributed by atoms with Gasteiger partial charge in [-0.3, -0.25) is 9.36 Å². The number of anilines is 1. The first-order valence-electron chi connectivity index (χ1n) is 5.68. The molecule has 0 amide bonds. The van der Waals surface area contributed by atoms with Crippen LogP contribution in [0.4, 0.5) is 5.69 Å². The van der Waals surface area contributed by atoms with Gasteiger partial charge < -0.3 is 10.7 Å². The Bertz CT molecular complexity index is 757. The quantitative estimate of drug-likeness (QED) is 0.671. The van der Waals surface area contributed by atoms with Gasteiger partial charge in [0.25, 0.3) is 5.56 Å². The molecule has 3 rings (SSSR count). The van der Waals surface area contributed by atoms with Crippen molar-refractivity contribution in [2.24, 2.45) is 0 Å². The van der Waals surface area contributed by atoms with Gasteiger partial charge in [-0.15, -0.1) is 0 Å². The largest absolute Gasteiger partial charge is 0.399 e. The van der Waals surface area contributed by atoms with Crippen LogP contribution in [0.25, 0.3) is 17.2 Å². The standard InChI is InChI=1S/C13H11N5O/c14-10-3-1-9(2-4-10)13-15-5-6-18(13)11-7-12(19)17-8-16-11/h1-8H,14H2,(H,16,17,19). The van der Waals surface area contributed by atoms with Gasteiger partial charge in [-0.05, 0) is 24.3 Å². The number of imidazole rings is 1. The molecule has 0 aliphatic rings. The zero-order valence-electron chi connectivity index (χ0n) is 9.95. The van der Waals surface area contributed by atoms with E-state index in [4.69, 9.17) is 5.73 Å². The first-order chi connectivity index (χ1) is 9.24. The Morgan fingerprint density at radius 2 is 1.95 bits per heavy atom. The van der Waals surface area contributed by atoms with Crippen LogP contribution in [0.5, 0.6) is 0 Å². The molecule has 3 aromatic rings. The average molecular weight is 253 g/mol. The van der Waals surface area contributed by atoms with E-state index in [1.807, 2.05) is 12.1 Å². The number of hydrogen-bond acceptors (Lipinski definition) is 4. The maximum atomic E-state index is 11.3. The number of nitrogens with two attached hydrogens (primary N) is 1. The summed E-state index contributed by atoms with van der Waals surface area (Å²) in [5, 5.41) is 0. The molecule has 0 atom stereocenters. The molecule has 0 aliphatic heterocycles. The van der Waals surface area contributed by atoms with E-state index in [0.29, 0.717) is 17.3 Å². The molecule has 6 heteroatoms. The van der Waals surface area contributed by atoms with Crippen LogP contribution < -0.4 is 11.3 Å². The molecule has 1 aromatic carbocycles. The Kier molecular flexibility index (Phi) is 2.60. The number of aromatic nitrogens is 4. The lowest BCUT2D eigenvalue weighted by atomic mass is 10.2. The van der Waals surface area contributed by atoms with E-state index < -0.39 is 0 Å². The Morgan fingerprint density at radius 1 is 1.16 bits per heavy atom. The van der Waals surface area contributed by atoms with Crippen molar-refractivity contribution < 1.29 is 0 Å². The number of nitrogen functional groups attached to an aromatic ring is 1. The van der Waals surface area contributed by atoms with E-state index in [1.54, 1.807) is 29.1 Å². The molecular formula is C13H11N5O. The summed E-state index contributed by atoms with van der Waals surface area (Å²) in [4.78, 5) is 22.2. The number of benzene rings is 1. The van der Waals surface area contributed by atoms with Gasteiger partial charge in [0.15, 0.2) is 0 Å². The second-order valence-corrected chi connectivity index (χ2v) is 4.01. The van der Waals surface area contributed by atoms with Gasteiger partial charge in [0.05, 0.1) is 6.33 Å². The van der Waals surface area contributed by atoms with E-state index in [2.05, 4.69) is 15.0 Å². The summed E-state index contributed by atoms with van der Waals surface area (Å²) < 4.78 is 1.75. The summed E-state index contributed by atoms with van der Waals surface area (Å²) in [6.45, 7) is 0. The van der Waals surface area contributed by atoms with E-state index in [-0.39, 0.29) is 5.56 Å². The third kappa shape index (κ3) is 2.11. The van der Waals surface area contributed by atoms with Gasteiger partial charge in [-0.2, -0.15) is 0 Å². The van der Waals surface area contributed by atoms with Gasteiger partial charge in [-0.1, -0.05) is 0 Å². The molecular weight excluding hydrogens is 242 g/mol. The lowest BCUT2D eigenvalue weighted by Crippen LogP contribution is -2.09. The van der Waals surface area contributed by atoms with E-state index in [9.17, 15) is 4.79 Å². The molecule has 94 valence electrons. The van der Waals surface area contributed by atoms with Crippen LogP contribution in [0.2, 0.25) is 0 Å². The third-order valence-electron chi connectivity index (χ3n) is 2.72. The van der Waals surface area contributed by atoms with Crippen LogP contribution in [-0.2, 0) is 0 Å². The van der Waals surface area contributed by atoms with Crippen LogP contribution in [0.15, 0.2) is 53.8 Å². The third-order valence-corrected chi connectivity index (χ3v) is 2.72. The number of rotatable bonds is 2. The number of H-pyrrole nitrogens is 1. The second-order valence-electron chi connectivity index (χ2n) is 4.01. The van der Waals surface area contributed by atoms with Crippen molar-refractivity contribution in [2.75, 3.05) is 5.73 Å². The van der Waals surface area contributed by atoms with E-state index >= 15 is 0 Å². The number of nitrogens with one attached hydrogen (secondary N) is 1. The molecule has 0 aliphatic carbocycles. The Morgan fingerprint density at radius 3 is 2.68 bits per heavy atom. The fourth-order valence-electron chi connectivity index (χ4n) is 1.82. The van der Waals surface area contributed by atoms with E-state index in [1.165, 1.54) is 12.4 Å². The van der Waals surface area contributed by atoms with Crippen molar-refractivity contribution in [3.05, 3.63) is 59.4 Å². The summed E-state index contributed by atoms with van der Waals surface area (Å²) in [6, 6.07) is 8.78.